The maximum absolute atomic E-state index is 9.73. The number of benzene rings is 2. The molecule has 0 amide bonds. The summed E-state index contributed by atoms with van der Waals surface area (Å²) in [7, 11) is 1.53. The highest BCUT2D eigenvalue weighted by Crippen LogP contribution is 2.32. The van der Waals surface area contributed by atoms with Crippen molar-refractivity contribution >= 4 is 0 Å². The SMILES string of the molecule is COc1ccc(CNCc2ccc3c(c2)OCO3)cc1O. The van der Waals surface area contributed by atoms with Gasteiger partial charge >= 0.3 is 0 Å². The summed E-state index contributed by atoms with van der Waals surface area (Å²) in [5.74, 6) is 2.21. The van der Waals surface area contributed by atoms with Crippen LogP contribution in [0.4, 0.5) is 0 Å². The minimum absolute atomic E-state index is 0.153. The molecule has 1 heterocycles. The largest absolute Gasteiger partial charge is 0.504 e. The van der Waals surface area contributed by atoms with Gasteiger partial charge in [0.15, 0.2) is 23.0 Å². The summed E-state index contributed by atoms with van der Waals surface area (Å²) in [5.41, 5.74) is 2.12. The van der Waals surface area contributed by atoms with Crippen molar-refractivity contribution in [1.29, 1.82) is 0 Å². The van der Waals surface area contributed by atoms with Crippen molar-refractivity contribution in [1.82, 2.24) is 5.32 Å². The second-order valence-corrected chi connectivity index (χ2v) is 4.80. The first-order valence-corrected chi connectivity index (χ1v) is 6.71. The maximum Gasteiger partial charge on any atom is 0.231 e. The van der Waals surface area contributed by atoms with E-state index in [9.17, 15) is 5.11 Å². The lowest BCUT2D eigenvalue weighted by molar-refractivity contribution is 0.174. The summed E-state index contributed by atoms with van der Waals surface area (Å²) in [4.78, 5) is 0. The van der Waals surface area contributed by atoms with Gasteiger partial charge in [0.05, 0.1) is 7.11 Å². The van der Waals surface area contributed by atoms with Crippen molar-refractivity contribution in [3.63, 3.8) is 0 Å². The van der Waals surface area contributed by atoms with Crippen LogP contribution in [0.2, 0.25) is 0 Å². The van der Waals surface area contributed by atoms with E-state index in [4.69, 9.17) is 14.2 Å². The van der Waals surface area contributed by atoms with Gasteiger partial charge in [-0.3, -0.25) is 0 Å². The standard InChI is InChI=1S/C16H17NO4/c1-19-14-4-2-11(6-13(14)18)8-17-9-12-3-5-15-16(7-12)21-10-20-15/h2-7,17-18H,8-10H2,1H3. The first-order valence-electron chi connectivity index (χ1n) is 6.71. The third kappa shape index (κ3) is 3.03. The zero-order chi connectivity index (χ0) is 14.7. The third-order valence-electron chi connectivity index (χ3n) is 3.34. The van der Waals surface area contributed by atoms with Crippen LogP contribution in [0.1, 0.15) is 11.1 Å². The molecule has 0 radical (unpaired) electrons. The Morgan fingerprint density at radius 3 is 2.52 bits per heavy atom. The summed E-state index contributed by atoms with van der Waals surface area (Å²) in [6, 6.07) is 11.3. The Balaban J connectivity index is 1.57. The van der Waals surface area contributed by atoms with E-state index in [1.807, 2.05) is 24.3 Å². The highest BCUT2D eigenvalue weighted by Gasteiger charge is 2.12. The molecule has 2 N–H and O–H groups in total. The van der Waals surface area contributed by atoms with Crippen molar-refractivity contribution < 1.29 is 19.3 Å². The summed E-state index contributed by atoms with van der Waals surface area (Å²) in [5, 5.41) is 13.1. The molecule has 110 valence electrons. The van der Waals surface area contributed by atoms with Crippen LogP contribution in [-0.2, 0) is 13.1 Å². The summed E-state index contributed by atoms with van der Waals surface area (Å²) >= 11 is 0. The molecule has 0 aliphatic carbocycles. The van der Waals surface area contributed by atoms with Crippen molar-refractivity contribution in [2.75, 3.05) is 13.9 Å². The van der Waals surface area contributed by atoms with Crippen molar-refractivity contribution in [3.05, 3.63) is 47.5 Å². The fourth-order valence-corrected chi connectivity index (χ4v) is 2.25. The van der Waals surface area contributed by atoms with Gasteiger partial charge in [-0.1, -0.05) is 12.1 Å². The van der Waals surface area contributed by atoms with Gasteiger partial charge in [-0.05, 0) is 35.4 Å². The van der Waals surface area contributed by atoms with Crippen molar-refractivity contribution in [2.45, 2.75) is 13.1 Å². The van der Waals surface area contributed by atoms with Crippen LogP contribution >= 0.6 is 0 Å². The molecule has 0 saturated carbocycles. The molecular weight excluding hydrogens is 270 g/mol. The Labute approximate surface area is 123 Å². The Morgan fingerprint density at radius 2 is 1.76 bits per heavy atom. The van der Waals surface area contributed by atoms with Crippen LogP contribution in [0.25, 0.3) is 0 Å². The highest BCUT2D eigenvalue weighted by atomic mass is 16.7. The predicted molar refractivity (Wildman–Crippen MR) is 77.8 cm³/mol. The van der Waals surface area contributed by atoms with Crippen LogP contribution in [0.15, 0.2) is 36.4 Å². The summed E-state index contributed by atoms with van der Waals surface area (Å²) in [6.07, 6.45) is 0. The zero-order valence-electron chi connectivity index (χ0n) is 11.8. The number of hydrogen-bond acceptors (Lipinski definition) is 5. The number of phenolic OH excluding ortho intramolecular Hbond substituents is 1. The van der Waals surface area contributed by atoms with E-state index in [1.165, 1.54) is 7.11 Å². The van der Waals surface area contributed by atoms with Gasteiger partial charge in [0, 0.05) is 13.1 Å². The molecule has 0 bridgehead atoms. The summed E-state index contributed by atoms with van der Waals surface area (Å²) < 4.78 is 15.6. The second-order valence-electron chi connectivity index (χ2n) is 4.80. The van der Waals surface area contributed by atoms with Crippen LogP contribution in [0.5, 0.6) is 23.0 Å². The van der Waals surface area contributed by atoms with Crippen LogP contribution in [0.3, 0.4) is 0 Å². The fraction of sp³-hybridized carbons (Fsp3) is 0.250. The number of rotatable bonds is 5. The van der Waals surface area contributed by atoms with Crippen LogP contribution < -0.4 is 19.5 Å². The molecule has 0 saturated heterocycles. The fourth-order valence-electron chi connectivity index (χ4n) is 2.25. The molecule has 5 heteroatoms. The van der Waals surface area contributed by atoms with E-state index in [0.29, 0.717) is 18.8 Å². The number of ether oxygens (including phenoxy) is 3. The Hall–Kier alpha value is -2.40. The first-order chi connectivity index (χ1) is 10.3. The van der Waals surface area contributed by atoms with Gasteiger partial charge in [-0.15, -0.1) is 0 Å². The minimum atomic E-state index is 0.153. The van der Waals surface area contributed by atoms with E-state index < -0.39 is 0 Å². The first kappa shape index (κ1) is 13.6. The van der Waals surface area contributed by atoms with Gasteiger partial charge in [0.2, 0.25) is 6.79 Å². The molecule has 0 spiro atoms. The van der Waals surface area contributed by atoms with Crippen LogP contribution in [0, 0.1) is 0 Å². The molecule has 1 aliphatic heterocycles. The molecule has 2 aromatic carbocycles. The highest BCUT2D eigenvalue weighted by molar-refractivity contribution is 5.44. The lowest BCUT2D eigenvalue weighted by Gasteiger charge is -2.08. The van der Waals surface area contributed by atoms with Crippen LogP contribution in [-0.4, -0.2) is 19.0 Å². The summed E-state index contributed by atoms with van der Waals surface area (Å²) in [6.45, 7) is 1.66. The number of fused-ring (bicyclic) bond motifs is 1. The molecule has 0 fully saturated rings. The molecule has 21 heavy (non-hydrogen) atoms. The van der Waals surface area contributed by atoms with Gasteiger partial charge in [0.25, 0.3) is 0 Å². The third-order valence-corrected chi connectivity index (χ3v) is 3.34. The lowest BCUT2D eigenvalue weighted by atomic mass is 10.1. The Morgan fingerprint density at radius 1 is 1.05 bits per heavy atom. The van der Waals surface area contributed by atoms with Gasteiger partial charge in [-0.25, -0.2) is 0 Å². The van der Waals surface area contributed by atoms with Gasteiger partial charge < -0.3 is 24.6 Å². The second kappa shape index (κ2) is 5.93. The number of methoxy groups -OCH3 is 1. The Kier molecular flexibility index (Phi) is 3.83. The molecule has 0 unspecified atom stereocenters. The monoisotopic (exact) mass is 287 g/mol. The molecule has 3 rings (SSSR count). The quantitative estimate of drug-likeness (QED) is 0.884. The normalized spacial score (nSPS) is 12.4. The number of nitrogens with one attached hydrogen (secondary N) is 1. The smallest absolute Gasteiger partial charge is 0.231 e. The van der Waals surface area contributed by atoms with Crippen molar-refractivity contribution in [2.24, 2.45) is 0 Å². The molecular formula is C16H17NO4. The van der Waals surface area contributed by atoms with E-state index in [-0.39, 0.29) is 12.5 Å². The van der Waals surface area contributed by atoms with E-state index in [2.05, 4.69) is 5.32 Å². The molecule has 2 aromatic rings. The van der Waals surface area contributed by atoms with Gasteiger partial charge in [0.1, 0.15) is 0 Å². The molecule has 0 atom stereocenters. The van der Waals surface area contributed by atoms with Gasteiger partial charge in [-0.2, -0.15) is 0 Å². The molecule has 0 aromatic heterocycles. The maximum atomic E-state index is 9.73. The molecule has 1 aliphatic rings. The number of phenols is 1. The average molecular weight is 287 g/mol. The van der Waals surface area contributed by atoms with E-state index >= 15 is 0 Å². The minimum Gasteiger partial charge on any atom is -0.504 e. The lowest BCUT2D eigenvalue weighted by Crippen LogP contribution is -2.12. The topological polar surface area (TPSA) is 60.0 Å². The van der Waals surface area contributed by atoms with E-state index in [1.54, 1.807) is 12.1 Å². The average Bonchev–Trinajstić information content (AvgIpc) is 2.95. The predicted octanol–water partition coefficient (Wildman–Crippen LogP) is 2.42. The number of aromatic hydroxyl groups is 1. The van der Waals surface area contributed by atoms with E-state index in [0.717, 1.165) is 22.6 Å². The number of hydrogen-bond donors (Lipinski definition) is 2. The zero-order valence-corrected chi connectivity index (χ0v) is 11.8. The van der Waals surface area contributed by atoms with Crippen molar-refractivity contribution in [3.8, 4) is 23.0 Å². The Bertz CT molecular complexity index is 642. The molecule has 5 nitrogen and oxygen atoms in total.